The van der Waals surface area contributed by atoms with Crippen LogP contribution in [0.15, 0.2) is 57.8 Å². The molecule has 0 aliphatic carbocycles. The molecule has 29 heavy (non-hydrogen) atoms. The highest BCUT2D eigenvalue weighted by Gasteiger charge is 2.11. The van der Waals surface area contributed by atoms with Crippen LogP contribution in [0.5, 0.6) is 11.5 Å². The summed E-state index contributed by atoms with van der Waals surface area (Å²) in [5.74, 6) is 0.799. The molecule has 1 N–H and O–H groups in total. The van der Waals surface area contributed by atoms with Crippen LogP contribution in [0.3, 0.4) is 0 Å². The molecule has 3 rings (SSSR count). The van der Waals surface area contributed by atoms with Crippen molar-refractivity contribution in [2.75, 3.05) is 19.5 Å². The summed E-state index contributed by atoms with van der Waals surface area (Å²) in [4.78, 5) is 24.6. The Bertz CT molecular complexity index is 1110. The van der Waals surface area contributed by atoms with Crippen LogP contribution >= 0.6 is 15.9 Å². The summed E-state index contributed by atoms with van der Waals surface area (Å²) in [5.41, 5.74) is 2.56. The number of amides is 1. The number of methoxy groups -OCH3 is 2. The Morgan fingerprint density at radius 1 is 1.07 bits per heavy atom. The van der Waals surface area contributed by atoms with E-state index in [1.807, 2.05) is 25.1 Å². The van der Waals surface area contributed by atoms with Crippen molar-refractivity contribution >= 4 is 27.5 Å². The maximum atomic E-state index is 12.4. The monoisotopic (exact) mass is 457 g/mol. The summed E-state index contributed by atoms with van der Waals surface area (Å²) in [6.07, 6.45) is 0. The third kappa shape index (κ3) is 4.83. The van der Waals surface area contributed by atoms with Crippen molar-refractivity contribution in [2.45, 2.75) is 13.5 Å². The second-order valence-corrected chi connectivity index (χ2v) is 7.15. The second-order valence-electron chi connectivity index (χ2n) is 6.30. The predicted octanol–water partition coefficient (Wildman–Crippen LogP) is 3.64. The number of benzene rings is 2. The molecule has 0 radical (unpaired) electrons. The molecule has 1 aromatic heterocycles. The second kappa shape index (κ2) is 8.91. The van der Waals surface area contributed by atoms with E-state index in [0.717, 1.165) is 20.3 Å². The number of carbonyl (C=O) groups excluding carboxylic acids is 1. The van der Waals surface area contributed by atoms with Gasteiger partial charge in [-0.1, -0.05) is 15.9 Å². The molecule has 2 aromatic carbocycles. The fraction of sp³-hybridized carbons (Fsp3) is 0.190. The van der Waals surface area contributed by atoms with E-state index < -0.39 is 0 Å². The zero-order chi connectivity index (χ0) is 21.0. The number of aromatic nitrogens is 2. The molecule has 1 amide bonds. The molecule has 0 saturated heterocycles. The lowest BCUT2D eigenvalue weighted by Gasteiger charge is -2.11. The van der Waals surface area contributed by atoms with E-state index in [2.05, 4.69) is 26.3 Å². The number of nitrogens with one attached hydrogen (secondary N) is 1. The molecule has 0 unspecified atom stereocenters. The maximum absolute atomic E-state index is 12.4. The van der Waals surface area contributed by atoms with Crippen LogP contribution in [-0.2, 0) is 11.3 Å². The first-order valence-corrected chi connectivity index (χ1v) is 9.57. The topological polar surface area (TPSA) is 82.5 Å². The number of ether oxygens (including phenoxy) is 2. The van der Waals surface area contributed by atoms with Gasteiger partial charge in [-0.2, -0.15) is 5.10 Å². The molecule has 0 atom stereocenters. The fourth-order valence-corrected chi connectivity index (χ4v) is 3.02. The molecule has 0 saturated carbocycles. The number of aryl methyl sites for hydroxylation is 1. The molecular weight excluding hydrogens is 438 g/mol. The zero-order valence-corrected chi connectivity index (χ0v) is 17.8. The van der Waals surface area contributed by atoms with E-state index in [4.69, 9.17) is 9.47 Å². The van der Waals surface area contributed by atoms with Crippen molar-refractivity contribution in [3.05, 3.63) is 68.9 Å². The minimum absolute atomic E-state index is 0.199. The first-order valence-electron chi connectivity index (χ1n) is 8.78. The van der Waals surface area contributed by atoms with Gasteiger partial charge in [0.15, 0.2) is 11.5 Å². The summed E-state index contributed by atoms with van der Waals surface area (Å²) in [7, 11) is 3.10. The number of hydrogen-bond acceptors (Lipinski definition) is 5. The van der Waals surface area contributed by atoms with Gasteiger partial charge in [-0.3, -0.25) is 9.59 Å². The highest BCUT2D eigenvalue weighted by atomic mass is 79.9. The minimum atomic E-state index is -0.364. The van der Waals surface area contributed by atoms with Gasteiger partial charge in [-0.15, -0.1) is 0 Å². The van der Waals surface area contributed by atoms with E-state index in [1.165, 1.54) is 6.07 Å². The van der Waals surface area contributed by atoms with Gasteiger partial charge in [0.25, 0.3) is 5.56 Å². The Morgan fingerprint density at radius 2 is 1.83 bits per heavy atom. The summed E-state index contributed by atoms with van der Waals surface area (Å²) >= 11 is 3.42. The van der Waals surface area contributed by atoms with Gasteiger partial charge in [0.05, 0.1) is 19.9 Å². The molecule has 7 nitrogen and oxygen atoms in total. The molecule has 8 heteroatoms. The first kappa shape index (κ1) is 20.6. The van der Waals surface area contributed by atoms with Crippen molar-refractivity contribution in [1.82, 2.24) is 9.78 Å². The molecule has 150 valence electrons. The van der Waals surface area contributed by atoms with Crippen LogP contribution in [0.25, 0.3) is 11.3 Å². The quantitative estimate of drug-likeness (QED) is 0.610. The summed E-state index contributed by atoms with van der Waals surface area (Å²) in [6, 6.07) is 13.8. The van der Waals surface area contributed by atoms with Crippen molar-refractivity contribution < 1.29 is 14.3 Å². The summed E-state index contributed by atoms with van der Waals surface area (Å²) in [6.45, 7) is 1.73. The van der Waals surface area contributed by atoms with E-state index in [-0.39, 0.29) is 18.0 Å². The van der Waals surface area contributed by atoms with Crippen LogP contribution in [0, 0.1) is 6.92 Å². The van der Waals surface area contributed by atoms with E-state index in [1.54, 1.807) is 38.5 Å². The van der Waals surface area contributed by atoms with Crippen molar-refractivity contribution in [1.29, 1.82) is 0 Å². The lowest BCUT2D eigenvalue weighted by Crippen LogP contribution is -2.29. The molecule has 3 aromatic rings. The fourth-order valence-electron chi connectivity index (χ4n) is 2.77. The third-order valence-electron chi connectivity index (χ3n) is 4.28. The number of halogens is 1. The summed E-state index contributed by atoms with van der Waals surface area (Å²) < 4.78 is 12.6. The molecule has 0 spiro atoms. The Kier molecular flexibility index (Phi) is 6.33. The molecule has 0 fully saturated rings. The van der Waals surface area contributed by atoms with Crippen LogP contribution < -0.4 is 20.3 Å². The van der Waals surface area contributed by atoms with Crippen LogP contribution in [0.4, 0.5) is 5.69 Å². The Hall–Kier alpha value is -3.13. The lowest BCUT2D eigenvalue weighted by molar-refractivity contribution is -0.117. The van der Waals surface area contributed by atoms with E-state index in [9.17, 15) is 9.59 Å². The highest BCUT2D eigenvalue weighted by Crippen LogP contribution is 2.31. The lowest BCUT2D eigenvalue weighted by atomic mass is 10.1. The SMILES string of the molecule is COc1ccc(-c2ccc(=O)n(CC(=O)Nc3ccc(Br)c(C)c3)n2)cc1OC. The van der Waals surface area contributed by atoms with E-state index in [0.29, 0.717) is 22.9 Å². The predicted molar refractivity (Wildman–Crippen MR) is 115 cm³/mol. The van der Waals surface area contributed by atoms with Gasteiger partial charge in [0.1, 0.15) is 6.54 Å². The zero-order valence-electron chi connectivity index (χ0n) is 16.2. The Morgan fingerprint density at radius 3 is 2.52 bits per heavy atom. The van der Waals surface area contributed by atoms with Crippen molar-refractivity contribution in [3.63, 3.8) is 0 Å². The number of hydrogen-bond donors (Lipinski definition) is 1. The number of nitrogens with zero attached hydrogens (tertiary/aromatic N) is 2. The molecule has 0 aliphatic heterocycles. The molecule has 0 aliphatic rings. The van der Waals surface area contributed by atoms with Gasteiger partial charge < -0.3 is 14.8 Å². The van der Waals surface area contributed by atoms with E-state index >= 15 is 0 Å². The van der Waals surface area contributed by atoms with Crippen molar-refractivity contribution in [2.24, 2.45) is 0 Å². The van der Waals surface area contributed by atoms with Crippen LogP contribution in [-0.4, -0.2) is 29.9 Å². The normalized spacial score (nSPS) is 10.5. The Balaban J connectivity index is 1.83. The van der Waals surface area contributed by atoms with Crippen molar-refractivity contribution in [3.8, 4) is 22.8 Å². The van der Waals surface area contributed by atoms with Gasteiger partial charge in [0, 0.05) is 21.8 Å². The number of rotatable bonds is 6. The average Bonchev–Trinajstić information content (AvgIpc) is 2.71. The first-order chi connectivity index (χ1) is 13.9. The largest absolute Gasteiger partial charge is 0.493 e. The number of anilines is 1. The number of carbonyl (C=O) groups is 1. The molecular formula is C21H20BrN3O4. The van der Waals surface area contributed by atoms with Gasteiger partial charge in [0.2, 0.25) is 5.91 Å². The smallest absolute Gasteiger partial charge is 0.267 e. The van der Waals surface area contributed by atoms with Gasteiger partial charge >= 0.3 is 0 Å². The van der Waals surface area contributed by atoms with Crippen LogP contribution in [0.2, 0.25) is 0 Å². The third-order valence-corrected chi connectivity index (χ3v) is 5.17. The molecule has 0 bridgehead atoms. The maximum Gasteiger partial charge on any atom is 0.267 e. The van der Waals surface area contributed by atoms with Gasteiger partial charge in [-0.25, -0.2) is 4.68 Å². The highest BCUT2D eigenvalue weighted by molar-refractivity contribution is 9.10. The Labute approximate surface area is 176 Å². The minimum Gasteiger partial charge on any atom is -0.493 e. The summed E-state index contributed by atoms with van der Waals surface area (Å²) in [5, 5.41) is 7.11. The molecule has 1 heterocycles. The van der Waals surface area contributed by atoms with Gasteiger partial charge in [-0.05, 0) is 55.0 Å². The van der Waals surface area contributed by atoms with Crippen LogP contribution in [0.1, 0.15) is 5.56 Å². The standard InChI is InChI=1S/C21H20BrN3O4/c1-13-10-15(5-6-16(13)22)23-20(26)12-25-21(27)9-7-17(24-25)14-4-8-18(28-2)19(11-14)29-3/h4-11H,12H2,1-3H3,(H,23,26). The average molecular weight is 458 g/mol.